The van der Waals surface area contributed by atoms with Gasteiger partial charge < -0.3 is 18.9 Å². The highest BCUT2D eigenvalue weighted by Gasteiger charge is 2.43. The molecule has 0 aromatic carbocycles. The Hall–Kier alpha value is -2.29. The van der Waals surface area contributed by atoms with Gasteiger partial charge in [-0.15, -0.1) is 0 Å². The van der Waals surface area contributed by atoms with Gasteiger partial charge in [-0.3, -0.25) is 14.7 Å². The Morgan fingerprint density at radius 1 is 1.31 bits per heavy atom. The van der Waals surface area contributed by atoms with Gasteiger partial charge in [0.2, 0.25) is 0 Å². The number of carbonyl (C=O) groups is 1. The SMILES string of the molecule is Cn1ccnc1CN1CCOC[C@@]2(C1)CN(c1cccnc1)C(=O)CO2. The van der Waals surface area contributed by atoms with Crippen LogP contribution >= 0.6 is 0 Å². The van der Waals surface area contributed by atoms with Gasteiger partial charge in [-0.1, -0.05) is 0 Å². The molecule has 0 aliphatic carbocycles. The van der Waals surface area contributed by atoms with E-state index in [9.17, 15) is 4.79 Å². The standard InChI is InChI=1S/C18H23N5O3/c1-21-6-5-20-16(21)10-22-7-8-25-14-18(12-22)13-23(17(24)11-26-18)15-3-2-4-19-9-15/h2-6,9H,7-8,10-14H2,1H3/t18-/m1/s1. The van der Waals surface area contributed by atoms with E-state index >= 15 is 0 Å². The predicted octanol–water partition coefficient (Wildman–Crippen LogP) is 0.450. The molecule has 4 heterocycles. The second-order valence-electron chi connectivity index (χ2n) is 6.88. The van der Waals surface area contributed by atoms with E-state index in [1.165, 1.54) is 0 Å². The Morgan fingerprint density at radius 2 is 2.23 bits per heavy atom. The smallest absolute Gasteiger partial charge is 0.253 e. The Labute approximate surface area is 152 Å². The van der Waals surface area contributed by atoms with Crippen LogP contribution in [-0.4, -0.2) is 70.4 Å². The highest BCUT2D eigenvalue weighted by molar-refractivity contribution is 5.95. The quantitative estimate of drug-likeness (QED) is 0.794. The molecule has 1 spiro atoms. The van der Waals surface area contributed by atoms with Crippen LogP contribution in [0.25, 0.3) is 0 Å². The number of carbonyl (C=O) groups excluding carboxylic acids is 1. The molecule has 2 aromatic heterocycles. The summed E-state index contributed by atoms with van der Waals surface area (Å²) < 4.78 is 13.9. The molecule has 138 valence electrons. The lowest BCUT2D eigenvalue weighted by molar-refractivity contribution is -0.146. The topological polar surface area (TPSA) is 72.7 Å². The molecule has 4 rings (SSSR count). The maximum absolute atomic E-state index is 12.4. The molecule has 8 nitrogen and oxygen atoms in total. The van der Waals surface area contributed by atoms with Crippen molar-refractivity contribution in [3.8, 4) is 0 Å². The highest BCUT2D eigenvalue weighted by Crippen LogP contribution is 2.27. The van der Waals surface area contributed by atoms with Gasteiger partial charge in [-0.2, -0.15) is 0 Å². The number of anilines is 1. The second-order valence-corrected chi connectivity index (χ2v) is 6.88. The third-order valence-corrected chi connectivity index (χ3v) is 4.92. The number of imidazole rings is 1. The summed E-state index contributed by atoms with van der Waals surface area (Å²) in [7, 11) is 1.99. The van der Waals surface area contributed by atoms with Crippen LogP contribution in [0.15, 0.2) is 36.9 Å². The maximum Gasteiger partial charge on any atom is 0.253 e. The fraction of sp³-hybridized carbons (Fsp3) is 0.500. The molecule has 0 N–H and O–H groups in total. The molecule has 2 saturated heterocycles. The van der Waals surface area contributed by atoms with E-state index in [2.05, 4.69) is 14.9 Å². The first-order chi connectivity index (χ1) is 12.7. The number of morpholine rings is 1. The third kappa shape index (κ3) is 3.48. The monoisotopic (exact) mass is 357 g/mol. The van der Waals surface area contributed by atoms with Crippen molar-refractivity contribution in [2.75, 3.05) is 44.4 Å². The normalized spacial score (nSPS) is 24.8. The molecule has 2 aromatic rings. The fourth-order valence-corrected chi connectivity index (χ4v) is 3.51. The van der Waals surface area contributed by atoms with Gasteiger partial charge in [-0.05, 0) is 12.1 Å². The van der Waals surface area contributed by atoms with Gasteiger partial charge >= 0.3 is 0 Å². The number of aromatic nitrogens is 3. The molecule has 26 heavy (non-hydrogen) atoms. The number of amides is 1. The van der Waals surface area contributed by atoms with Crippen molar-refractivity contribution >= 4 is 11.6 Å². The number of aryl methyl sites for hydroxylation is 1. The molecule has 1 atom stereocenters. The first-order valence-corrected chi connectivity index (χ1v) is 8.76. The molecule has 2 fully saturated rings. The van der Waals surface area contributed by atoms with Crippen molar-refractivity contribution in [3.63, 3.8) is 0 Å². The van der Waals surface area contributed by atoms with Crippen LogP contribution in [-0.2, 0) is 27.9 Å². The van der Waals surface area contributed by atoms with Crippen molar-refractivity contribution in [2.24, 2.45) is 7.05 Å². The summed E-state index contributed by atoms with van der Waals surface area (Å²) in [6, 6.07) is 3.73. The van der Waals surface area contributed by atoms with Gasteiger partial charge in [0.05, 0.1) is 38.2 Å². The Bertz CT molecular complexity index is 765. The van der Waals surface area contributed by atoms with Gasteiger partial charge in [0, 0.05) is 38.7 Å². The molecule has 1 amide bonds. The van der Waals surface area contributed by atoms with E-state index in [4.69, 9.17) is 9.47 Å². The zero-order valence-corrected chi connectivity index (χ0v) is 14.9. The van der Waals surface area contributed by atoms with E-state index in [-0.39, 0.29) is 12.5 Å². The van der Waals surface area contributed by atoms with Gasteiger partial charge in [0.1, 0.15) is 18.0 Å². The van der Waals surface area contributed by atoms with Crippen molar-refractivity contribution < 1.29 is 14.3 Å². The van der Waals surface area contributed by atoms with E-state index in [0.717, 1.165) is 24.6 Å². The van der Waals surface area contributed by atoms with Crippen molar-refractivity contribution in [3.05, 3.63) is 42.7 Å². The summed E-state index contributed by atoms with van der Waals surface area (Å²) in [5, 5.41) is 0. The van der Waals surface area contributed by atoms with Crippen molar-refractivity contribution in [2.45, 2.75) is 12.1 Å². The highest BCUT2D eigenvalue weighted by atomic mass is 16.6. The average Bonchev–Trinajstić information content (AvgIpc) is 2.95. The number of pyridine rings is 1. The van der Waals surface area contributed by atoms with Crippen LogP contribution in [0.5, 0.6) is 0 Å². The number of hydrogen-bond acceptors (Lipinski definition) is 6. The summed E-state index contributed by atoms with van der Waals surface area (Å²) in [6.07, 6.45) is 7.16. The summed E-state index contributed by atoms with van der Waals surface area (Å²) >= 11 is 0. The number of nitrogens with zero attached hydrogens (tertiary/aromatic N) is 5. The average molecular weight is 357 g/mol. The molecule has 2 aliphatic rings. The van der Waals surface area contributed by atoms with E-state index in [0.29, 0.717) is 26.3 Å². The molecule has 0 radical (unpaired) electrons. The van der Waals surface area contributed by atoms with Gasteiger partial charge in [0.15, 0.2) is 0 Å². The minimum absolute atomic E-state index is 0.0501. The summed E-state index contributed by atoms with van der Waals surface area (Å²) in [5.41, 5.74) is 0.242. The number of rotatable bonds is 3. The molecule has 2 aliphatic heterocycles. The van der Waals surface area contributed by atoms with E-state index in [1.807, 2.05) is 29.9 Å². The number of ether oxygens (including phenoxy) is 2. The van der Waals surface area contributed by atoms with Crippen LogP contribution in [0.3, 0.4) is 0 Å². The third-order valence-electron chi connectivity index (χ3n) is 4.92. The first kappa shape index (κ1) is 17.1. The minimum atomic E-state index is -0.550. The van der Waals surface area contributed by atoms with Crippen LogP contribution in [0.2, 0.25) is 0 Å². The lowest BCUT2D eigenvalue weighted by Crippen LogP contribution is -2.60. The molecule has 0 bridgehead atoms. The molecule has 0 unspecified atom stereocenters. The molecule has 0 saturated carbocycles. The van der Waals surface area contributed by atoms with Gasteiger partial charge in [-0.25, -0.2) is 4.98 Å². The summed E-state index contributed by atoms with van der Waals surface area (Å²) in [5.74, 6) is 0.946. The lowest BCUT2D eigenvalue weighted by atomic mass is 10.0. The lowest BCUT2D eigenvalue weighted by Gasteiger charge is -2.42. The Balaban J connectivity index is 1.53. The second kappa shape index (κ2) is 7.14. The first-order valence-electron chi connectivity index (χ1n) is 8.76. The maximum atomic E-state index is 12.4. The molecular weight excluding hydrogens is 334 g/mol. The van der Waals surface area contributed by atoms with Crippen molar-refractivity contribution in [1.29, 1.82) is 0 Å². The zero-order chi connectivity index (χ0) is 18.0. The minimum Gasteiger partial charge on any atom is -0.377 e. The molecular formula is C18H23N5O3. The van der Waals surface area contributed by atoms with Gasteiger partial charge in [0.25, 0.3) is 5.91 Å². The number of hydrogen-bond donors (Lipinski definition) is 0. The van der Waals surface area contributed by atoms with Crippen LogP contribution in [0, 0.1) is 0 Å². The van der Waals surface area contributed by atoms with Crippen LogP contribution in [0.4, 0.5) is 5.69 Å². The van der Waals surface area contributed by atoms with E-state index in [1.54, 1.807) is 23.5 Å². The van der Waals surface area contributed by atoms with Crippen molar-refractivity contribution in [1.82, 2.24) is 19.4 Å². The van der Waals surface area contributed by atoms with Crippen LogP contribution in [0.1, 0.15) is 5.82 Å². The predicted molar refractivity (Wildman–Crippen MR) is 94.6 cm³/mol. The van der Waals surface area contributed by atoms with E-state index < -0.39 is 5.60 Å². The molecule has 8 heteroatoms. The summed E-state index contributed by atoms with van der Waals surface area (Å²) in [6.45, 7) is 3.81. The van der Waals surface area contributed by atoms with Crippen LogP contribution < -0.4 is 4.90 Å². The summed E-state index contributed by atoms with van der Waals surface area (Å²) in [4.78, 5) is 25.0. The largest absolute Gasteiger partial charge is 0.377 e. The zero-order valence-electron chi connectivity index (χ0n) is 14.9. The Kier molecular flexibility index (Phi) is 4.71. The fourth-order valence-electron chi connectivity index (χ4n) is 3.51. The Morgan fingerprint density at radius 3 is 3.00 bits per heavy atom.